The van der Waals surface area contributed by atoms with E-state index < -0.39 is 12.0 Å². The second-order valence-electron chi connectivity index (χ2n) is 7.76. The summed E-state index contributed by atoms with van der Waals surface area (Å²) in [6, 6.07) is 3.54. The highest BCUT2D eigenvalue weighted by Gasteiger charge is 2.38. The van der Waals surface area contributed by atoms with Crippen LogP contribution in [0.4, 0.5) is 19.0 Å². The first-order valence-corrected chi connectivity index (χ1v) is 10.3. The summed E-state index contributed by atoms with van der Waals surface area (Å²) < 4.78 is 39.9. The highest BCUT2D eigenvalue weighted by Crippen LogP contribution is 2.28. The van der Waals surface area contributed by atoms with Gasteiger partial charge < -0.3 is 10.2 Å². The van der Waals surface area contributed by atoms with Crippen LogP contribution in [0.3, 0.4) is 0 Å². The fourth-order valence-electron chi connectivity index (χ4n) is 3.74. The summed E-state index contributed by atoms with van der Waals surface area (Å²) in [7, 11) is 0. The number of fused-ring (bicyclic) bond motifs is 1. The zero-order chi connectivity index (χ0) is 21.9. The van der Waals surface area contributed by atoms with Crippen molar-refractivity contribution in [1.82, 2.24) is 30.0 Å². The van der Waals surface area contributed by atoms with Gasteiger partial charge in [-0.15, -0.1) is 15.3 Å². The average Bonchev–Trinajstić information content (AvgIpc) is 3.14. The van der Waals surface area contributed by atoms with Gasteiger partial charge in [0.05, 0.1) is 0 Å². The third-order valence-corrected chi connectivity index (χ3v) is 5.53. The van der Waals surface area contributed by atoms with Gasteiger partial charge in [0.2, 0.25) is 5.91 Å². The molecular formula is C19H28F3N7O. The van der Waals surface area contributed by atoms with Crippen LogP contribution in [0, 0.1) is 5.92 Å². The molecule has 1 N–H and O–H groups in total. The molecule has 0 atom stereocenters. The molecule has 0 saturated carbocycles. The van der Waals surface area contributed by atoms with Crippen molar-refractivity contribution in [3.05, 3.63) is 18.0 Å². The number of aromatic nitrogens is 4. The molecule has 8 nitrogen and oxygen atoms in total. The number of anilines is 1. The van der Waals surface area contributed by atoms with E-state index >= 15 is 0 Å². The van der Waals surface area contributed by atoms with Crippen molar-refractivity contribution >= 4 is 17.4 Å². The molecule has 3 heterocycles. The highest BCUT2D eigenvalue weighted by atomic mass is 19.4. The number of hydrogen-bond acceptors (Lipinski definition) is 6. The van der Waals surface area contributed by atoms with Gasteiger partial charge in [-0.1, -0.05) is 6.92 Å². The van der Waals surface area contributed by atoms with Gasteiger partial charge in [0.15, 0.2) is 5.65 Å². The first-order chi connectivity index (χ1) is 14.2. The van der Waals surface area contributed by atoms with E-state index in [1.807, 2.05) is 4.90 Å². The number of halogens is 3. The van der Waals surface area contributed by atoms with Crippen LogP contribution in [-0.2, 0) is 11.0 Å². The molecule has 0 bridgehead atoms. The lowest BCUT2D eigenvalue weighted by atomic mass is 9.96. The van der Waals surface area contributed by atoms with E-state index in [0.717, 1.165) is 17.6 Å². The average molecular weight is 427 g/mol. The maximum absolute atomic E-state index is 13.1. The van der Waals surface area contributed by atoms with Crippen molar-refractivity contribution in [1.29, 1.82) is 0 Å². The maximum Gasteiger partial charge on any atom is 0.453 e. The Hall–Kier alpha value is -2.43. The number of carbonyl (C=O) groups excluding carboxylic acids is 1. The molecule has 0 unspecified atom stereocenters. The number of alkyl halides is 3. The highest BCUT2D eigenvalue weighted by molar-refractivity contribution is 5.79. The summed E-state index contributed by atoms with van der Waals surface area (Å²) in [5, 5.41) is 13.8. The number of nitrogens with one attached hydrogen (secondary N) is 1. The molecular weight excluding hydrogens is 399 g/mol. The Bertz CT molecular complexity index is 859. The zero-order valence-corrected chi connectivity index (χ0v) is 17.5. The monoisotopic (exact) mass is 427 g/mol. The van der Waals surface area contributed by atoms with Crippen LogP contribution in [0.2, 0.25) is 0 Å². The summed E-state index contributed by atoms with van der Waals surface area (Å²) in [5.74, 6) is -0.783. The van der Waals surface area contributed by atoms with E-state index in [2.05, 4.69) is 46.3 Å². The van der Waals surface area contributed by atoms with Gasteiger partial charge in [-0.05, 0) is 45.4 Å². The van der Waals surface area contributed by atoms with Gasteiger partial charge in [-0.2, -0.15) is 17.7 Å². The normalized spacial score (nSPS) is 16.1. The molecule has 1 aliphatic heterocycles. The quantitative estimate of drug-likeness (QED) is 0.730. The lowest BCUT2D eigenvalue weighted by Crippen LogP contribution is -2.43. The summed E-state index contributed by atoms with van der Waals surface area (Å²) in [4.78, 5) is 16.6. The molecule has 0 radical (unpaired) electrons. The minimum atomic E-state index is -4.63. The lowest BCUT2D eigenvalue weighted by molar-refractivity contribution is -0.146. The molecule has 1 fully saturated rings. The van der Waals surface area contributed by atoms with Crippen molar-refractivity contribution in [2.45, 2.75) is 45.8 Å². The molecule has 30 heavy (non-hydrogen) atoms. The first-order valence-electron chi connectivity index (χ1n) is 10.3. The van der Waals surface area contributed by atoms with Gasteiger partial charge >= 0.3 is 6.18 Å². The molecule has 1 saturated heterocycles. The molecule has 0 aromatic carbocycles. The predicted octanol–water partition coefficient (Wildman–Crippen LogP) is 2.21. The van der Waals surface area contributed by atoms with Gasteiger partial charge in [0.25, 0.3) is 5.82 Å². The summed E-state index contributed by atoms with van der Waals surface area (Å²) in [6.07, 6.45) is -3.37. The lowest BCUT2D eigenvalue weighted by Gasteiger charge is -2.32. The summed E-state index contributed by atoms with van der Waals surface area (Å²) in [6.45, 7) is 9.81. The molecule has 2 aromatic heterocycles. The van der Waals surface area contributed by atoms with E-state index in [1.165, 1.54) is 6.07 Å². The van der Waals surface area contributed by atoms with Crippen molar-refractivity contribution < 1.29 is 18.0 Å². The van der Waals surface area contributed by atoms with Crippen LogP contribution < -0.4 is 10.2 Å². The number of amides is 1. The SMILES string of the molecule is CCN(CCNC(=O)C1CCN(c2ccc3nnc(C(F)(F)F)n3n2)CC1)C(C)C. The van der Waals surface area contributed by atoms with Crippen LogP contribution in [0.5, 0.6) is 0 Å². The van der Waals surface area contributed by atoms with Crippen molar-refractivity contribution in [2.75, 3.05) is 37.6 Å². The fraction of sp³-hybridized carbons (Fsp3) is 0.684. The van der Waals surface area contributed by atoms with E-state index in [-0.39, 0.29) is 17.5 Å². The third kappa shape index (κ3) is 5.00. The van der Waals surface area contributed by atoms with E-state index in [4.69, 9.17) is 0 Å². The number of hydrogen-bond donors (Lipinski definition) is 1. The van der Waals surface area contributed by atoms with E-state index in [0.29, 0.717) is 44.3 Å². The Balaban J connectivity index is 1.56. The summed E-state index contributed by atoms with van der Waals surface area (Å²) in [5.41, 5.74) is 0.0443. The molecule has 166 valence electrons. The van der Waals surface area contributed by atoms with Crippen LogP contribution in [0.25, 0.3) is 5.65 Å². The van der Waals surface area contributed by atoms with Crippen LogP contribution >= 0.6 is 0 Å². The molecule has 11 heteroatoms. The van der Waals surface area contributed by atoms with Crippen LogP contribution in [0.15, 0.2) is 12.1 Å². The second kappa shape index (κ2) is 9.15. The number of carbonyl (C=O) groups is 1. The second-order valence-corrected chi connectivity index (χ2v) is 7.76. The molecule has 1 aliphatic rings. The molecule has 3 rings (SSSR count). The molecule has 2 aromatic rings. The smallest absolute Gasteiger partial charge is 0.355 e. The van der Waals surface area contributed by atoms with E-state index in [1.54, 1.807) is 6.07 Å². The standard InChI is InChI=1S/C19H28F3N7O/c1-4-27(13(2)3)12-9-23-17(30)14-7-10-28(11-8-14)16-6-5-15-24-25-18(19(20,21)22)29(15)26-16/h5-6,13-14H,4,7-12H2,1-3H3,(H,23,30). The molecule has 1 amide bonds. The Kier molecular flexibility index (Phi) is 6.79. The van der Waals surface area contributed by atoms with Crippen molar-refractivity contribution in [3.63, 3.8) is 0 Å². The van der Waals surface area contributed by atoms with Crippen molar-refractivity contribution in [3.8, 4) is 0 Å². The third-order valence-electron chi connectivity index (χ3n) is 5.53. The first kappa shape index (κ1) is 22.3. The predicted molar refractivity (Wildman–Crippen MR) is 106 cm³/mol. The zero-order valence-electron chi connectivity index (χ0n) is 17.5. The van der Waals surface area contributed by atoms with Gasteiger partial charge in [-0.25, -0.2) is 0 Å². The van der Waals surface area contributed by atoms with Crippen LogP contribution in [-0.4, -0.2) is 69.4 Å². The minimum absolute atomic E-state index is 0.0380. The Morgan fingerprint density at radius 2 is 1.97 bits per heavy atom. The minimum Gasteiger partial charge on any atom is -0.355 e. The number of nitrogens with zero attached hydrogens (tertiary/aromatic N) is 6. The largest absolute Gasteiger partial charge is 0.453 e. The summed E-state index contributed by atoms with van der Waals surface area (Å²) >= 11 is 0. The van der Waals surface area contributed by atoms with Gasteiger partial charge in [0, 0.05) is 38.1 Å². The van der Waals surface area contributed by atoms with E-state index in [9.17, 15) is 18.0 Å². The number of likely N-dealkylation sites (N-methyl/N-ethyl adjacent to an activating group) is 1. The van der Waals surface area contributed by atoms with Gasteiger partial charge in [-0.3, -0.25) is 9.69 Å². The fourth-order valence-corrected chi connectivity index (χ4v) is 3.74. The topological polar surface area (TPSA) is 78.7 Å². The molecule has 0 spiro atoms. The number of piperidine rings is 1. The Labute approximate surface area is 173 Å². The number of rotatable bonds is 7. The Morgan fingerprint density at radius 1 is 1.27 bits per heavy atom. The van der Waals surface area contributed by atoms with Gasteiger partial charge in [0.1, 0.15) is 5.82 Å². The Morgan fingerprint density at radius 3 is 2.57 bits per heavy atom. The molecule has 0 aliphatic carbocycles. The van der Waals surface area contributed by atoms with Crippen LogP contribution in [0.1, 0.15) is 39.4 Å². The maximum atomic E-state index is 13.1. The van der Waals surface area contributed by atoms with Crippen molar-refractivity contribution in [2.24, 2.45) is 5.92 Å².